The molecule has 3 nitrogen and oxygen atoms in total. The van der Waals surface area contributed by atoms with Crippen molar-refractivity contribution in [2.45, 2.75) is 33.1 Å². The lowest BCUT2D eigenvalue weighted by Gasteiger charge is -2.09. The topological polar surface area (TPSA) is 34.9 Å². The normalized spacial score (nSPS) is 23.3. The first kappa shape index (κ1) is 14.7. The van der Waals surface area contributed by atoms with Gasteiger partial charge in [0, 0.05) is 15.6 Å². The molecule has 0 spiro atoms. The highest BCUT2D eigenvalue weighted by molar-refractivity contribution is 7.21. The molecule has 0 radical (unpaired) electrons. The minimum absolute atomic E-state index is 0.0929. The van der Waals surface area contributed by atoms with Gasteiger partial charge in [0.15, 0.2) is 0 Å². The third-order valence-electron chi connectivity index (χ3n) is 5.90. The zero-order valence-electron chi connectivity index (χ0n) is 13.8. The van der Waals surface area contributed by atoms with Crippen LogP contribution in [0, 0.1) is 18.3 Å². The molecule has 1 saturated carbocycles. The van der Waals surface area contributed by atoms with Crippen molar-refractivity contribution in [3.63, 3.8) is 0 Å². The monoisotopic (exact) mass is 356 g/mol. The Balaban J connectivity index is 1.63. The van der Waals surface area contributed by atoms with Gasteiger partial charge in [-0.1, -0.05) is 43.6 Å². The Morgan fingerprint density at radius 3 is 2.88 bits per heavy atom. The quantitative estimate of drug-likeness (QED) is 0.612. The number of halogens is 1. The molecule has 5 heteroatoms. The number of hydrogen-bond acceptors (Lipinski definition) is 3. The van der Waals surface area contributed by atoms with E-state index in [1.165, 1.54) is 16.9 Å². The minimum Gasteiger partial charge on any atom is -0.266 e. The van der Waals surface area contributed by atoms with Crippen LogP contribution in [0.2, 0.25) is 5.02 Å². The van der Waals surface area contributed by atoms with Gasteiger partial charge in [0.1, 0.15) is 4.88 Å². The number of rotatable bonds is 1. The molecule has 2 atom stereocenters. The van der Waals surface area contributed by atoms with Crippen molar-refractivity contribution in [1.82, 2.24) is 9.78 Å². The van der Waals surface area contributed by atoms with Gasteiger partial charge in [-0.05, 0) is 36.7 Å². The van der Waals surface area contributed by atoms with Gasteiger partial charge in [0.2, 0.25) is 0 Å². The maximum Gasteiger partial charge on any atom is 0.290 e. The number of aryl methyl sites for hydroxylation is 1. The fourth-order valence-electron chi connectivity index (χ4n) is 4.51. The lowest BCUT2D eigenvalue weighted by molar-refractivity contribution is 0.0945. The summed E-state index contributed by atoms with van der Waals surface area (Å²) >= 11 is 7.94. The van der Waals surface area contributed by atoms with Crippen molar-refractivity contribution in [2.75, 3.05) is 0 Å². The van der Waals surface area contributed by atoms with Crippen LogP contribution in [0.1, 0.15) is 46.4 Å². The van der Waals surface area contributed by atoms with Gasteiger partial charge in [-0.15, -0.1) is 11.3 Å². The third-order valence-corrected chi connectivity index (χ3v) is 7.57. The first-order valence-corrected chi connectivity index (χ1v) is 9.41. The Morgan fingerprint density at radius 1 is 1.38 bits per heavy atom. The summed E-state index contributed by atoms with van der Waals surface area (Å²) in [6.45, 7) is 6.64. The first-order chi connectivity index (χ1) is 11.4. The standard InChI is InChI=1S/C19H17ClN2OS/c1-9-14-12(8-11-15(14)19(11,2)3)22(21-9)18(23)17-16(20)10-6-4-5-7-13(10)24-17/h4-7,11,15H,8H2,1-3H3/t11-,15-/m1/s1. The number of benzene rings is 1. The number of nitrogens with zero attached hydrogens (tertiary/aromatic N) is 2. The Kier molecular flexibility index (Phi) is 2.75. The van der Waals surface area contributed by atoms with Crippen LogP contribution in [0.3, 0.4) is 0 Å². The molecule has 122 valence electrons. The van der Waals surface area contributed by atoms with Crippen LogP contribution in [-0.4, -0.2) is 15.7 Å². The molecule has 24 heavy (non-hydrogen) atoms. The van der Waals surface area contributed by atoms with Crippen LogP contribution in [0.25, 0.3) is 10.1 Å². The van der Waals surface area contributed by atoms with Crippen LogP contribution in [0.4, 0.5) is 0 Å². The highest BCUT2D eigenvalue weighted by Crippen LogP contribution is 2.70. The molecule has 0 unspecified atom stereocenters. The molecule has 0 bridgehead atoms. The zero-order valence-corrected chi connectivity index (χ0v) is 15.3. The molecule has 0 saturated heterocycles. The predicted octanol–water partition coefficient (Wildman–Crippen LogP) is 5.04. The number of fused-ring (bicyclic) bond motifs is 4. The van der Waals surface area contributed by atoms with Gasteiger partial charge >= 0.3 is 0 Å². The van der Waals surface area contributed by atoms with Crippen molar-refractivity contribution in [1.29, 1.82) is 0 Å². The largest absolute Gasteiger partial charge is 0.290 e. The molecule has 2 aliphatic rings. The van der Waals surface area contributed by atoms with Crippen LogP contribution >= 0.6 is 22.9 Å². The zero-order chi connectivity index (χ0) is 16.8. The number of thiophene rings is 1. The second-order valence-electron chi connectivity index (χ2n) is 7.51. The van der Waals surface area contributed by atoms with Crippen LogP contribution < -0.4 is 0 Å². The van der Waals surface area contributed by atoms with E-state index in [1.807, 2.05) is 31.2 Å². The molecule has 3 aromatic rings. The molecule has 0 aliphatic heterocycles. The molecule has 0 amide bonds. The summed E-state index contributed by atoms with van der Waals surface area (Å²) < 4.78 is 2.65. The van der Waals surface area contributed by atoms with Crippen LogP contribution in [0.15, 0.2) is 24.3 Å². The van der Waals surface area contributed by atoms with E-state index in [0.717, 1.165) is 27.9 Å². The number of carbonyl (C=O) groups is 1. The Labute approximate surface area is 149 Å². The molecular formula is C19H17ClN2OS. The molecule has 1 fully saturated rings. The molecule has 1 aromatic carbocycles. The van der Waals surface area contributed by atoms with Gasteiger partial charge in [-0.25, -0.2) is 0 Å². The van der Waals surface area contributed by atoms with Gasteiger partial charge in [-0.3, -0.25) is 4.79 Å². The summed E-state index contributed by atoms with van der Waals surface area (Å²) in [4.78, 5) is 13.7. The predicted molar refractivity (Wildman–Crippen MR) is 97.2 cm³/mol. The van der Waals surface area contributed by atoms with Gasteiger partial charge in [-0.2, -0.15) is 9.78 Å². The van der Waals surface area contributed by atoms with E-state index in [9.17, 15) is 4.79 Å². The maximum absolute atomic E-state index is 13.1. The summed E-state index contributed by atoms with van der Waals surface area (Å²) in [6.07, 6.45) is 0.947. The van der Waals surface area contributed by atoms with Crippen LogP contribution in [0.5, 0.6) is 0 Å². The van der Waals surface area contributed by atoms with Crippen molar-refractivity contribution in [3.8, 4) is 0 Å². The third kappa shape index (κ3) is 1.68. The Morgan fingerprint density at radius 2 is 2.12 bits per heavy atom. The highest BCUT2D eigenvalue weighted by Gasteiger charge is 2.64. The molecule has 2 aliphatic carbocycles. The number of carbonyl (C=O) groups excluding carboxylic acids is 1. The lowest BCUT2D eigenvalue weighted by Crippen LogP contribution is -2.17. The summed E-state index contributed by atoms with van der Waals surface area (Å²) in [5, 5.41) is 6.07. The minimum atomic E-state index is -0.0929. The Hall–Kier alpha value is -1.65. The van der Waals surface area contributed by atoms with E-state index >= 15 is 0 Å². The van der Waals surface area contributed by atoms with Crippen molar-refractivity contribution >= 4 is 38.9 Å². The number of hydrogen-bond donors (Lipinski definition) is 0. The van der Waals surface area contributed by atoms with Crippen molar-refractivity contribution in [3.05, 3.63) is 51.1 Å². The highest BCUT2D eigenvalue weighted by atomic mass is 35.5. The van der Waals surface area contributed by atoms with Gasteiger partial charge < -0.3 is 0 Å². The van der Waals surface area contributed by atoms with Gasteiger partial charge in [0.05, 0.1) is 16.4 Å². The maximum atomic E-state index is 13.1. The smallest absolute Gasteiger partial charge is 0.266 e. The van der Waals surface area contributed by atoms with E-state index < -0.39 is 0 Å². The SMILES string of the molecule is Cc1nn(C(=O)c2sc3ccccc3c2Cl)c2c1[C@H]1[C@@H](C2)C1(C)C. The fraction of sp³-hybridized carbons (Fsp3) is 0.368. The van der Waals surface area contributed by atoms with E-state index in [0.29, 0.717) is 27.2 Å². The summed E-state index contributed by atoms with van der Waals surface area (Å²) in [5.41, 5.74) is 3.74. The summed E-state index contributed by atoms with van der Waals surface area (Å²) in [7, 11) is 0. The second-order valence-corrected chi connectivity index (χ2v) is 8.94. The van der Waals surface area contributed by atoms with Crippen molar-refractivity contribution in [2.24, 2.45) is 11.3 Å². The molecule has 5 rings (SSSR count). The van der Waals surface area contributed by atoms with E-state index in [1.54, 1.807) is 4.68 Å². The van der Waals surface area contributed by atoms with Gasteiger partial charge in [0.25, 0.3) is 5.91 Å². The van der Waals surface area contributed by atoms with E-state index in [2.05, 4.69) is 18.9 Å². The fourth-order valence-corrected chi connectivity index (χ4v) is 5.95. The lowest BCUT2D eigenvalue weighted by atomic mass is 9.98. The number of aromatic nitrogens is 2. The molecule has 2 aromatic heterocycles. The molecular weight excluding hydrogens is 340 g/mol. The first-order valence-electron chi connectivity index (χ1n) is 8.21. The second kappa shape index (κ2) is 4.50. The average molecular weight is 357 g/mol. The van der Waals surface area contributed by atoms with Crippen molar-refractivity contribution < 1.29 is 4.79 Å². The Bertz CT molecular complexity index is 1030. The molecule has 2 heterocycles. The van der Waals surface area contributed by atoms with E-state index in [-0.39, 0.29) is 5.91 Å². The van der Waals surface area contributed by atoms with Crippen LogP contribution in [-0.2, 0) is 6.42 Å². The molecule has 0 N–H and O–H groups in total. The summed E-state index contributed by atoms with van der Waals surface area (Å²) in [6, 6.07) is 7.87. The van der Waals surface area contributed by atoms with E-state index in [4.69, 9.17) is 11.6 Å². The average Bonchev–Trinajstić information content (AvgIpc) is 2.99. The summed E-state index contributed by atoms with van der Waals surface area (Å²) in [5.74, 6) is 1.12.